The summed E-state index contributed by atoms with van der Waals surface area (Å²) < 4.78 is 65.0. The summed E-state index contributed by atoms with van der Waals surface area (Å²) in [6.45, 7) is 3.46. The van der Waals surface area contributed by atoms with Crippen LogP contribution in [0, 0.1) is 0 Å². The Morgan fingerprint density at radius 1 is 0.365 bits per heavy atom. The summed E-state index contributed by atoms with van der Waals surface area (Å²) in [6, 6.07) is 0. The second-order valence-electron chi connectivity index (χ2n) is 27.4. The molecular formula is C71H133O24P. The number of phosphoric ester groups is 1. The highest BCUT2D eigenvalue weighted by molar-refractivity contribution is 7.47. The minimum Gasteiger partial charge on any atom is -0.463 e. The predicted molar refractivity (Wildman–Crippen MR) is 361 cm³/mol. The highest BCUT2D eigenvalue weighted by atomic mass is 31.2. The first-order valence-electron chi connectivity index (χ1n) is 37.8. The molecule has 18 atom stereocenters. The summed E-state index contributed by atoms with van der Waals surface area (Å²) in [4.78, 5) is 51.0. The van der Waals surface area contributed by atoms with E-state index in [1.807, 2.05) is 0 Å². The Labute approximate surface area is 574 Å². The zero-order chi connectivity index (χ0) is 70.4. The third-order valence-electron chi connectivity index (χ3n) is 18.9. The lowest BCUT2D eigenvalue weighted by atomic mass is 9.84. The van der Waals surface area contributed by atoms with Crippen molar-refractivity contribution >= 4 is 25.7 Å². The van der Waals surface area contributed by atoms with Gasteiger partial charge in [0.05, 0.1) is 13.2 Å². The van der Waals surface area contributed by atoms with Gasteiger partial charge < -0.3 is 89.1 Å². The molecule has 3 fully saturated rings. The topological polar surface area (TPSA) is 374 Å². The summed E-state index contributed by atoms with van der Waals surface area (Å²) >= 11 is 0. The third kappa shape index (κ3) is 36.7. The zero-order valence-electron chi connectivity index (χ0n) is 58.9. The van der Waals surface area contributed by atoms with Crippen molar-refractivity contribution in [1.82, 2.24) is 0 Å². The molecule has 3 aliphatic rings. The first-order chi connectivity index (χ1) is 46.3. The normalized spacial score (nSPS) is 27.9. The first-order valence-corrected chi connectivity index (χ1v) is 39.3. The van der Waals surface area contributed by atoms with Gasteiger partial charge in [-0.15, -0.1) is 0 Å². The Bertz CT molecular complexity index is 1990. The maximum Gasteiger partial charge on any atom is 0.472 e. The lowest BCUT2D eigenvalue weighted by Gasteiger charge is -2.49. The maximum atomic E-state index is 14.3. The third-order valence-corrected chi connectivity index (χ3v) is 19.9. The average molecular weight is 1400 g/mol. The molecule has 0 aromatic rings. The van der Waals surface area contributed by atoms with E-state index in [1.165, 1.54) is 154 Å². The molecule has 0 spiro atoms. The van der Waals surface area contributed by atoms with Crippen LogP contribution < -0.4 is 0 Å². The van der Waals surface area contributed by atoms with Crippen LogP contribution in [0.15, 0.2) is 0 Å². The summed E-state index contributed by atoms with van der Waals surface area (Å²) in [7, 11) is -5.69. The molecule has 0 bridgehead atoms. The van der Waals surface area contributed by atoms with Crippen molar-refractivity contribution < 1.29 is 117 Å². The van der Waals surface area contributed by atoms with Crippen molar-refractivity contribution in [2.45, 2.75) is 407 Å². The van der Waals surface area contributed by atoms with Gasteiger partial charge in [0, 0.05) is 19.3 Å². The number of esters is 3. The van der Waals surface area contributed by atoms with Crippen LogP contribution in [0.1, 0.15) is 303 Å². The number of carbonyl (C=O) groups excluding carboxylic acids is 3. The number of ether oxygens (including phenoxy) is 7. The molecule has 0 aromatic heterocycles. The SMILES string of the molecule is CCCCCCCCCCCCCCCCC(=O)OCC(COP(=O)(O)OC1C(OC2OC(CO)C(O)C(O)C2O)C(O)C(O)C(O)C1OC1OC(COC(=O)CCCCCCCCCCCCCCCC)C(O)C(O)C1O)OC(=O)CCCCCCCCCCCCCCC. The zero-order valence-corrected chi connectivity index (χ0v) is 59.8. The average Bonchev–Trinajstić information content (AvgIpc) is 0.777. The van der Waals surface area contributed by atoms with Crippen LogP contribution in [0.5, 0.6) is 0 Å². The number of hydrogen-bond acceptors (Lipinski definition) is 23. The van der Waals surface area contributed by atoms with Crippen LogP contribution in [0.3, 0.4) is 0 Å². The van der Waals surface area contributed by atoms with Gasteiger partial charge in [-0.05, 0) is 19.3 Å². The molecule has 0 amide bonds. The Morgan fingerprint density at radius 2 is 0.667 bits per heavy atom. The fraction of sp³-hybridized carbons (Fsp3) is 0.958. The lowest BCUT2D eigenvalue weighted by Crippen LogP contribution is -2.69. The van der Waals surface area contributed by atoms with Gasteiger partial charge in [-0.3, -0.25) is 23.4 Å². The molecule has 11 N–H and O–H groups in total. The molecule has 0 aromatic carbocycles. The lowest BCUT2D eigenvalue weighted by molar-refractivity contribution is -0.360. The van der Waals surface area contributed by atoms with E-state index in [0.29, 0.717) is 19.3 Å². The predicted octanol–water partition coefficient (Wildman–Crippen LogP) is 10.2. The van der Waals surface area contributed by atoms with E-state index in [2.05, 4.69) is 20.8 Å². The Kier molecular flexibility index (Phi) is 49.4. The van der Waals surface area contributed by atoms with E-state index < -0.39 is 156 Å². The number of unbranched alkanes of at least 4 members (excludes halogenated alkanes) is 38. The Hall–Kier alpha value is -2.04. The second kappa shape index (κ2) is 53.7. The number of carbonyl (C=O) groups is 3. The fourth-order valence-corrected chi connectivity index (χ4v) is 13.7. The molecule has 96 heavy (non-hydrogen) atoms. The number of hydrogen-bond donors (Lipinski definition) is 11. The van der Waals surface area contributed by atoms with Gasteiger partial charge in [-0.2, -0.15) is 0 Å². The fourth-order valence-electron chi connectivity index (χ4n) is 12.7. The maximum absolute atomic E-state index is 14.3. The molecule has 3 rings (SSSR count). The van der Waals surface area contributed by atoms with Crippen LogP contribution in [0.2, 0.25) is 0 Å². The summed E-state index contributed by atoms with van der Waals surface area (Å²) in [5, 5.41) is 110. The molecule has 25 heteroatoms. The molecule has 18 unspecified atom stereocenters. The van der Waals surface area contributed by atoms with Crippen molar-refractivity contribution in [3.8, 4) is 0 Å². The van der Waals surface area contributed by atoms with Crippen molar-refractivity contribution in [1.29, 1.82) is 0 Å². The van der Waals surface area contributed by atoms with E-state index in [-0.39, 0.29) is 19.3 Å². The summed E-state index contributed by atoms with van der Waals surface area (Å²) in [5.41, 5.74) is 0. The smallest absolute Gasteiger partial charge is 0.463 e. The largest absolute Gasteiger partial charge is 0.472 e. The number of phosphoric acid groups is 1. The minimum absolute atomic E-state index is 0.0334. The van der Waals surface area contributed by atoms with Crippen LogP contribution in [0.25, 0.3) is 0 Å². The monoisotopic (exact) mass is 1400 g/mol. The molecule has 2 saturated heterocycles. The molecular weight excluding hydrogens is 1270 g/mol. The van der Waals surface area contributed by atoms with Crippen LogP contribution in [-0.4, -0.2) is 204 Å². The van der Waals surface area contributed by atoms with E-state index in [1.54, 1.807) is 0 Å². The van der Waals surface area contributed by atoms with E-state index in [0.717, 1.165) is 89.9 Å². The molecule has 566 valence electrons. The molecule has 1 saturated carbocycles. The van der Waals surface area contributed by atoms with Gasteiger partial charge in [0.1, 0.15) is 98.7 Å². The van der Waals surface area contributed by atoms with Crippen molar-refractivity contribution in [3.63, 3.8) is 0 Å². The van der Waals surface area contributed by atoms with Gasteiger partial charge in [0.15, 0.2) is 18.7 Å². The van der Waals surface area contributed by atoms with Crippen molar-refractivity contribution in [3.05, 3.63) is 0 Å². The minimum atomic E-state index is -5.69. The molecule has 0 radical (unpaired) electrons. The highest BCUT2D eigenvalue weighted by Crippen LogP contribution is 2.49. The molecule has 1 aliphatic carbocycles. The summed E-state index contributed by atoms with van der Waals surface area (Å²) in [6.07, 6.45) is 10.3. The number of aliphatic hydroxyl groups is 10. The van der Waals surface area contributed by atoms with Gasteiger partial charge in [-0.1, -0.05) is 265 Å². The number of rotatable bonds is 59. The van der Waals surface area contributed by atoms with E-state index >= 15 is 0 Å². The van der Waals surface area contributed by atoms with Gasteiger partial charge in [-0.25, -0.2) is 4.57 Å². The molecule has 2 heterocycles. The Morgan fingerprint density at radius 3 is 1.02 bits per heavy atom. The first kappa shape index (κ1) is 88.2. The van der Waals surface area contributed by atoms with E-state index in [9.17, 15) is 74.9 Å². The van der Waals surface area contributed by atoms with Gasteiger partial charge >= 0.3 is 25.7 Å². The van der Waals surface area contributed by atoms with Crippen molar-refractivity contribution in [2.24, 2.45) is 0 Å². The van der Waals surface area contributed by atoms with E-state index in [4.69, 9.17) is 42.2 Å². The molecule has 24 nitrogen and oxygen atoms in total. The summed E-state index contributed by atoms with van der Waals surface area (Å²) in [5.74, 6) is -1.97. The second-order valence-corrected chi connectivity index (χ2v) is 28.8. The molecule has 2 aliphatic heterocycles. The highest BCUT2D eigenvalue weighted by Gasteiger charge is 2.58. The Balaban J connectivity index is 1.73. The van der Waals surface area contributed by atoms with Crippen molar-refractivity contribution in [2.75, 3.05) is 26.4 Å². The van der Waals surface area contributed by atoms with Crippen LogP contribution >= 0.6 is 7.82 Å². The van der Waals surface area contributed by atoms with Gasteiger partial charge in [0.2, 0.25) is 0 Å². The van der Waals surface area contributed by atoms with Gasteiger partial charge in [0.25, 0.3) is 0 Å². The standard InChI is InChI=1S/C71H133O24P/c1-4-7-10-13-16-19-22-25-28-30-33-36-39-42-45-55(73)87-49-52(90-57(75)47-44-41-38-35-32-27-24-21-18-15-12-9-6-3)50-89-96(85,86)95-69-67(93-70-65(83)60(78)58(76)53(48-72)91-70)63(81)62(80)64(82)68(69)94-71-66(84)61(79)59(77)54(92-71)51-88-56(74)46-43-40-37-34-31-29-26-23-20-17-14-11-8-5-2/h52-54,58-72,76-84H,4-51H2,1-3H3,(H,85,86). The number of aliphatic hydroxyl groups excluding tert-OH is 10. The quantitative estimate of drug-likeness (QED) is 0.0117. The van der Waals surface area contributed by atoms with Crippen LogP contribution in [-0.2, 0) is 61.2 Å². The van der Waals surface area contributed by atoms with Crippen LogP contribution in [0.4, 0.5) is 0 Å².